The average Bonchev–Trinajstić information content (AvgIpc) is 3.00. The van der Waals surface area contributed by atoms with Crippen molar-refractivity contribution in [2.75, 3.05) is 26.2 Å². The van der Waals surface area contributed by atoms with Crippen molar-refractivity contribution in [3.05, 3.63) is 70.3 Å². The van der Waals surface area contributed by atoms with Crippen LogP contribution in [-0.2, 0) is 10.0 Å². The Hall–Kier alpha value is -2.55. The lowest BCUT2D eigenvalue weighted by molar-refractivity contribution is 0.214. The molecule has 1 atom stereocenters. The minimum absolute atomic E-state index is 0.121. The van der Waals surface area contributed by atoms with Crippen LogP contribution >= 0.6 is 0 Å². The van der Waals surface area contributed by atoms with Crippen LogP contribution in [0.4, 0.5) is 0 Å². The zero-order valence-corrected chi connectivity index (χ0v) is 18.0. The second kappa shape index (κ2) is 8.29. The Labute approximate surface area is 176 Å². The highest BCUT2D eigenvalue weighted by Gasteiger charge is 2.29. The molecule has 1 N–H and O–H groups in total. The lowest BCUT2D eigenvalue weighted by Gasteiger charge is -2.27. The molecule has 1 fully saturated rings. The molecule has 0 radical (unpaired) electrons. The number of fused-ring (bicyclic) bond motifs is 1. The highest BCUT2D eigenvalue weighted by Crippen LogP contribution is 2.23. The second-order valence-electron chi connectivity index (χ2n) is 7.75. The second-order valence-corrected chi connectivity index (χ2v) is 9.69. The van der Waals surface area contributed by atoms with Crippen molar-refractivity contribution in [1.82, 2.24) is 19.2 Å². The van der Waals surface area contributed by atoms with Gasteiger partial charge in [0, 0.05) is 26.2 Å². The van der Waals surface area contributed by atoms with Gasteiger partial charge in [0.2, 0.25) is 10.0 Å². The molecule has 3 aromatic rings. The Morgan fingerprint density at radius 1 is 1.00 bits per heavy atom. The topological polar surface area (TPSA) is 86.4 Å². The van der Waals surface area contributed by atoms with E-state index in [1.165, 1.54) is 0 Å². The predicted octanol–water partition coefficient (Wildman–Crippen LogP) is 2.69. The van der Waals surface area contributed by atoms with E-state index in [-0.39, 0.29) is 11.6 Å². The summed E-state index contributed by atoms with van der Waals surface area (Å²) in [4.78, 5) is 22.5. The summed E-state index contributed by atoms with van der Waals surface area (Å²) in [7, 11) is -3.52. The average molecular weight is 427 g/mol. The summed E-state index contributed by atoms with van der Waals surface area (Å²) in [6, 6.07) is 14.1. The monoisotopic (exact) mass is 426 g/mol. The Kier molecular flexibility index (Phi) is 5.73. The summed E-state index contributed by atoms with van der Waals surface area (Å²) in [6.07, 6.45) is 0.716. The molecule has 2 aromatic carbocycles. The summed E-state index contributed by atoms with van der Waals surface area (Å²) in [5.41, 5.74) is 1.55. The van der Waals surface area contributed by atoms with Crippen molar-refractivity contribution in [2.45, 2.75) is 31.2 Å². The molecular formula is C22H26N4O3S. The van der Waals surface area contributed by atoms with Crippen LogP contribution in [-0.4, -0.2) is 53.8 Å². The Morgan fingerprint density at radius 3 is 2.50 bits per heavy atom. The van der Waals surface area contributed by atoms with Crippen molar-refractivity contribution in [1.29, 1.82) is 0 Å². The molecule has 1 aromatic heterocycles. The van der Waals surface area contributed by atoms with Gasteiger partial charge >= 0.3 is 0 Å². The van der Waals surface area contributed by atoms with E-state index >= 15 is 0 Å². The van der Waals surface area contributed by atoms with E-state index < -0.39 is 10.0 Å². The number of H-pyrrole nitrogens is 1. The lowest BCUT2D eigenvalue weighted by Crippen LogP contribution is -2.36. The highest BCUT2D eigenvalue weighted by atomic mass is 32.2. The zero-order valence-electron chi connectivity index (χ0n) is 17.2. The SMILES string of the molecule is Cc1ccc(S(=O)(=O)N2CCCN([C@H](C)c3nc4ccccc4c(=O)[nH]3)CC2)cc1. The molecule has 0 amide bonds. The number of nitrogens with zero attached hydrogens (tertiary/aromatic N) is 3. The van der Waals surface area contributed by atoms with E-state index in [9.17, 15) is 13.2 Å². The standard InChI is InChI=1S/C22H26N4O3S/c1-16-8-10-18(11-9-16)30(28,29)26-13-5-12-25(14-15-26)17(2)21-23-20-7-4-3-6-19(20)22(27)24-21/h3-4,6-11,17H,5,12-15H2,1-2H3,(H,23,24,27)/t17-/m1/s1. The first kappa shape index (κ1) is 20.7. The first-order chi connectivity index (χ1) is 14.4. The third kappa shape index (κ3) is 4.03. The van der Waals surface area contributed by atoms with Crippen molar-refractivity contribution in [2.24, 2.45) is 0 Å². The summed E-state index contributed by atoms with van der Waals surface area (Å²) >= 11 is 0. The van der Waals surface area contributed by atoms with E-state index in [0.29, 0.717) is 47.7 Å². The smallest absolute Gasteiger partial charge is 0.258 e. The van der Waals surface area contributed by atoms with Crippen LogP contribution in [0.1, 0.15) is 30.8 Å². The molecule has 158 valence electrons. The summed E-state index contributed by atoms with van der Waals surface area (Å²) < 4.78 is 27.6. The third-order valence-electron chi connectivity index (χ3n) is 5.72. The van der Waals surface area contributed by atoms with Gasteiger partial charge in [0.25, 0.3) is 5.56 Å². The van der Waals surface area contributed by atoms with E-state index in [4.69, 9.17) is 0 Å². The molecule has 0 spiro atoms. The van der Waals surface area contributed by atoms with Gasteiger partial charge in [-0.1, -0.05) is 29.8 Å². The van der Waals surface area contributed by atoms with Crippen molar-refractivity contribution in [3.8, 4) is 0 Å². The van der Waals surface area contributed by atoms with Crippen LogP contribution in [0.25, 0.3) is 10.9 Å². The Bertz CT molecular complexity index is 1210. The van der Waals surface area contributed by atoms with Crippen LogP contribution < -0.4 is 5.56 Å². The van der Waals surface area contributed by atoms with E-state index in [2.05, 4.69) is 14.9 Å². The van der Waals surface area contributed by atoms with Gasteiger partial charge in [-0.15, -0.1) is 0 Å². The van der Waals surface area contributed by atoms with Gasteiger partial charge in [-0.05, 0) is 44.5 Å². The maximum atomic E-state index is 13.0. The van der Waals surface area contributed by atoms with Gasteiger partial charge in [0.1, 0.15) is 5.82 Å². The molecule has 0 unspecified atom stereocenters. The van der Waals surface area contributed by atoms with Crippen LogP contribution in [0, 0.1) is 6.92 Å². The van der Waals surface area contributed by atoms with Crippen LogP contribution in [0.5, 0.6) is 0 Å². The van der Waals surface area contributed by atoms with E-state index in [0.717, 1.165) is 12.1 Å². The van der Waals surface area contributed by atoms with Gasteiger partial charge in [-0.2, -0.15) is 4.31 Å². The normalized spacial score (nSPS) is 17.7. The maximum absolute atomic E-state index is 13.0. The number of hydrogen-bond donors (Lipinski definition) is 1. The minimum Gasteiger partial charge on any atom is -0.309 e. The quantitative estimate of drug-likeness (QED) is 0.693. The van der Waals surface area contributed by atoms with E-state index in [1.54, 1.807) is 22.5 Å². The number of hydrogen-bond acceptors (Lipinski definition) is 5. The molecule has 1 saturated heterocycles. The summed E-state index contributed by atoms with van der Waals surface area (Å²) in [6.45, 7) is 6.11. The number of nitrogens with one attached hydrogen (secondary N) is 1. The number of aromatic amines is 1. The van der Waals surface area contributed by atoms with Gasteiger partial charge in [0.05, 0.1) is 21.8 Å². The van der Waals surface area contributed by atoms with Crippen molar-refractivity contribution in [3.63, 3.8) is 0 Å². The highest BCUT2D eigenvalue weighted by molar-refractivity contribution is 7.89. The van der Waals surface area contributed by atoms with E-state index in [1.807, 2.05) is 44.2 Å². The fourth-order valence-electron chi connectivity index (χ4n) is 3.88. The summed E-state index contributed by atoms with van der Waals surface area (Å²) in [5.74, 6) is 0.605. The molecule has 1 aliphatic heterocycles. The number of para-hydroxylation sites is 1. The molecule has 1 aliphatic rings. The molecule has 0 aliphatic carbocycles. The lowest BCUT2D eigenvalue weighted by atomic mass is 10.2. The van der Waals surface area contributed by atoms with Crippen molar-refractivity contribution >= 4 is 20.9 Å². The van der Waals surface area contributed by atoms with Gasteiger partial charge in [-0.3, -0.25) is 9.69 Å². The maximum Gasteiger partial charge on any atom is 0.258 e. The number of aryl methyl sites for hydroxylation is 1. The van der Waals surface area contributed by atoms with Gasteiger partial charge in [-0.25, -0.2) is 13.4 Å². The molecular weight excluding hydrogens is 400 g/mol. The first-order valence-corrected chi connectivity index (χ1v) is 11.6. The zero-order chi connectivity index (χ0) is 21.3. The fraction of sp³-hybridized carbons (Fsp3) is 0.364. The fourth-order valence-corrected chi connectivity index (χ4v) is 5.35. The first-order valence-electron chi connectivity index (χ1n) is 10.2. The molecule has 4 rings (SSSR count). The number of aromatic nitrogens is 2. The molecule has 30 heavy (non-hydrogen) atoms. The minimum atomic E-state index is -3.52. The van der Waals surface area contributed by atoms with Crippen LogP contribution in [0.3, 0.4) is 0 Å². The molecule has 2 heterocycles. The molecule has 0 bridgehead atoms. The number of rotatable bonds is 4. The molecule has 0 saturated carbocycles. The molecule has 8 heteroatoms. The summed E-state index contributed by atoms with van der Waals surface area (Å²) in [5, 5.41) is 0.569. The number of benzene rings is 2. The third-order valence-corrected chi connectivity index (χ3v) is 7.64. The Balaban J connectivity index is 1.53. The van der Waals surface area contributed by atoms with Gasteiger partial charge in [0.15, 0.2) is 0 Å². The van der Waals surface area contributed by atoms with Crippen molar-refractivity contribution < 1.29 is 8.42 Å². The largest absolute Gasteiger partial charge is 0.309 e. The van der Waals surface area contributed by atoms with Crippen LogP contribution in [0.2, 0.25) is 0 Å². The van der Waals surface area contributed by atoms with Gasteiger partial charge < -0.3 is 4.98 Å². The number of sulfonamides is 1. The van der Waals surface area contributed by atoms with Crippen LogP contribution in [0.15, 0.2) is 58.2 Å². The Morgan fingerprint density at radius 2 is 1.73 bits per heavy atom. The molecule has 7 nitrogen and oxygen atoms in total. The predicted molar refractivity (Wildman–Crippen MR) is 117 cm³/mol.